The number of hydrogen-bond acceptors (Lipinski definition) is 6. The molecule has 0 aliphatic carbocycles. The fourth-order valence-electron chi connectivity index (χ4n) is 2.84. The molecule has 3 aromatic rings. The molecule has 1 atom stereocenters. The van der Waals surface area contributed by atoms with Gasteiger partial charge in [-0.05, 0) is 35.7 Å². The first kappa shape index (κ1) is 17.0. The second-order valence-corrected chi connectivity index (χ2v) is 7.79. The molecule has 130 valence electrons. The average Bonchev–Trinajstić information content (AvgIpc) is 3.37. The van der Waals surface area contributed by atoms with E-state index in [0.29, 0.717) is 15.7 Å². The van der Waals surface area contributed by atoms with Gasteiger partial charge in [0.2, 0.25) is 0 Å². The third-order valence-corrected chi connectivity index (χ3v) is 5.95. The van der Waals surface area contributed by atoms with E-state index in [2.05, 4.69) is 4.98 Å². The lowest BCUT2D eigenvalue weighted by Crippen LogP contribution is -2.28. The Hall–Kier alpha value is -2.48. The van der Waals surface area contributed by atoms with Crippen LogP contribution >= 0.6 is 34.3 Å². The van der Waals surface area contributed by atoms with E-state index < -0.39 is 17.7 Å². The number of aliphatic hydroxyl groups excluding tert-OH is 1. The maximum atomic E-state index is 12.7. The van der Waals surface area contributed by atoms with Crippen molar-refractivity contribution in [2.75, 3.05) is 4.90 Å². The molecule has 8 heteroatoms. The van der Waals surface area contributed by atoms with Crippen molar-refractivity contribution in [3.63, 3.8) is 0 Å². The summed E-state index contributed by atoms with van der Waals surface area (Å²) in [7, 11) is 0. The summed E-state index contributed by atoms with van der Waals surface area (Å²) in [6, 6.07) is 9.42. The number of Topliss-reactive ketones (excluding diaryl/α,β-unsaturated/α-hetero) is 1. The molecular weight excluding hydrogens is 392 g/mol. The molecule has 5 nitrogen and oxygen atoms in total. The third-order valence-electron chi connectivity index (χ3n) is 4.00. The van der Waals surface area contributed by atoms with Crippen LogP contribution in [0.1, 0.15) is 16.5 Å². The van der Waals surface area contributed by atoms with Crippen LogP contribution in [0.5, 0.6) is 0 Å². The summed E-state index contributed by atoms with van der Waals surface area (Å²) in [5.41, 5.74) is 0.475. The number of benzene rings is 1. The summed E-state index contributed by atoms with van der Waals surface area (Å²) in [4.78, 5) is 31.7. The van der Waals surface area contributed by atoms with Crippen LogP contribution in [0.3, 0.4) is 0 Å². The number of rotatable bonds is 3. The van der Waals surface area contributed by atoms with Gasteiger partial charge in [-0.15, -0.1) is 22.7 Å². The Kier molecular flexibility index (Phi) is 4.36. The van der Waals surface area contributed by atoms with E-state index in [0.717, 1.165) is 4.88 Å². The van der Waals surface area contributed by atoms with Gasteiger partial charge >= 0.3 is 5.91 Å². The van der Waals surface area contributed by atoms with Crippen LogP contribution in [-0.4, -0.2) is 21.8 Å². The van der Waals surface area contributed by atoms with Gasteiger partial charge in [0, 0.05) is 27.0 Å². The van der Waals surface area contributed by atoms with Gasteiger partial charge in [0.05, 0.1) is 5.57 Å². The first-order valence-electron chi connectivity index (χ1n) is 7.58. The van der Waals surface area contributed by atoms with Crippen LogP contribution in [0.25, 0.3) is 5.76 Å². The number of thiazole rings is 1. The number of nitrogens with zero attached hydrogens (tertiary/aromatic N) is 2. The third kappa shape index (κ3) is 2.74. The zero-order valence-corrected chi connectivity index (χ0v) is 15.5. The smallest absolute Gasteiger partial charge is 0.301 e. The minimum atomic E-state index is -0.731. The lowest BCUT2D eigenvalue weighted by Gasteiger charge is -2.21. The number of anilines is 1. The average molecular weight is 403 g/mol. The van der Waals surface area contributed by atoms with Crippen molar-refractivity contribution in [3.8, 4) is 0 Å². The van der Waals surface area contributed by atoms with Crippen molar-refractivity contribution in [2.45, 2.75) is 6.04 Å². The van der Waals surface area contributed by atoms with E-state index >= 15 is 0 Å². The number of carbonyl (C=O) groups is 2. The summed E-state index contributed by atoms with van der Waals surface area (Å²) < 4.78 is 0. The SMILES string of the molecule is O=C1C(=O)N(c2nccs2)C(c2cccs2)/C1=C(/O)c1ccc(Cl)cc1. The molecule has 2 aromatic heterocycles. The zero-order valence-electron chi connectivity index (χ0n) is 13.1. The highest BCUT2D eigenvalue weighted by atomic mass is 35.5. The second-order valence-electron chi connectivity index (χ2n) is 5.51. The van der Waals surface area contributed by atoms with E-state index in [4.69, 9.17) is 11.6 Å². The predicted octanol–water partition coefficient (Wildman–Crippen LogP) is 4.48. The predicted molar refractivity (Wildman–Crippen MR) is 103 cm³/mol. The van der Waals surface area contributed by atoms with Crippen molar-refractivity contribution in [1.29, 1.82) is 0 Å². The van der Waals surface area contributed by atoms with Gasteiger partial charge in [0.1, 0.15) is 11.8 Å². The molecule has 4 rings (SSSR count). The first-order chi connectivity index (χ1) is 12.6. The number of carbonyl (C=O) groups excluding carboxylic acids is 2. The first-order valence-corrected chi connectivity index (χ1v) is 9.71. The van der Waals surface area contributed by atoms with Gasteiger partial charge in [0.15, 0.2) is 5.13 Å². The highest BCUT2D eigenvalue weighted by Gasteiger charge is 2.48. The van der Waals surface area contributed by atoms with E-state index in [1.54, 1.807) is 35.8 Å². The van der Waals surface area contributed by atoms with Crippen LogP contribution in [-0.2, 0) is 9.59 Å². The minimum Gasteiger partial charge on any atom is -0.507 e. The minimum absolute atomic E-state index is 0.0509. The zero-order chi connectivity index (χ0) is 18.3. The molecule has 1 amide bonds. The Morgan fingerprint density at radius 1 is 1.12 bits per heavy atom. The van der Waals surface area contributed by atoms with Crippen molar-refractivity contribution in [1.82, 2.24) is 4.98 Å². The van der Waals surface area contributed by atoms with Gasteiger partial charge in [-0.2, -0.15) is 0 Å². The molecule has 0 saturated carbocycles. The summed E-state index contributed by atoms with van der Waals surface area (Å²) >= 11 is 8.57. The highest BCUT2D eigenvalue weighted by Crippen LogP contribution is 2.43. The summed E-state index contributed by atoms with van der Waals surface area (Å²) in [6.07, 6.45) is 1.57. The van der Waals surface area contributed by atoms with E-state index in [1.165, 1.54) is 27.6 Å². The van der Waals surface area contributed by atoms with Crippen LogP contribution in [0.2, 0.25) is 5.02 Å². The standard InChI is InChI=1S/C18H11ClN2O3S2/c19-11-5-3-10(4-6-11)15(22)13-14(12-2-1-8-25-12)21(17(24)16(13)23)18-20-7-9-26-18/h1-9,14,22H/b15-13-. The molecule has 1 aliphatic heterocycles. The fourth-order valence-corrected chi connectivity index (χ4v) is 4.46. The van der Waals surface area contributed by atoms with Gasteiger partial charge in [0.25, 0.3) is 5.78 Å². The summed E-state index contributed by atoms with van der Waals surface area (Å²) in [6.45, 7) is 0. The fraction of sp³-hybridized carbons (Fsp3) is 0.0556. The lowest BCUT2D eigenvalue weighted by molar-refractivity contribution is -0.132. The monoisotopic (exact) mass is 402 g/mol. The Morgan fingerprint density at radius 3 is 2.50 bits per heavy atom. The molecule has 26 heavy (non-hydrogen) atoms. The number of halogens is 1. The molecule has 0 radical (unpaired) electrons. The second kappa shape index (κ2) is 6.68. The summed E-state index contributed by atoms with van der Waals surface area (Å²) in [5.74, 6) is -1.66. The molecular formula is C18H11ClN2O3S2. The summed E-state index contributed by atoms with van der Waals surface area (Å²) in [5, 5.41) is 15.3. The maximum Gasteiger partial charge on any atom is 0.301 e. The molecule has 0 bridgehead atoms. The van der Waals surface area contributed by atoms with Crippen LogP contribution in [0.15, 0.2) is 58.9 Å². The molecule has 1 fully saturated rings. The molecule has 1 unspecified atom stereocenters. The van der Waals surface area contributed by atoms with Gasteiger partial charge in [-0.1, -0.05) is 17.7 Å². The normalized spacial score (nSPS) is 19.3. The number of amides is 1. The number of thiophene rings is 1. The molecule has 1 aromatic carbocycles. The van der Waals surface area contributed by atoms with Crippen LogP contribution in [0, 0.1) is 0 Å². The van der Waals surface area contributed by atoms with Crippen molar-refractivity contribution in [3.05, 3.63) is 74.4 Å². The number of aromatic nitrogens is 1. The molecule has 1 aliphatic rings. The number of hydrogen-bond donors (Lipinski definition) is 1. The largest absolute Gasteiger partial charge is 0.507 e. The molecule has 0 spiro atoms. The quantitative estimate of drug-likeness (QED) is 0.398. The Bertz CT molecular complexity index is 996. The molecule has 1 N–H and O–H groups in total. The number of aliphatic hydroxyl groups is 1. The van der Waals surface area contributed by atoms with Crippen molar-refractivity contribution < 1.29 is 14.7 Å². The Labute approximate surface area is 161 Å². The van der Waals surface area contributed by atoms with E-state index in [-0.39, 0.29) is 11.3 Å². The van der Waals surface area contributed by atoms with E-state index in [1.807, 2.05) is 17.5 Å². The van der Waals surface area contributed by atoms with Crippen LogP contribution < -0.4 is 4.90 Å². The maximum absolute atomic E-state index is 12.7. The highest BCUT2D eigenvalue weighted by molar-refractivity contribution is 7.14. The van der Waals surface area contributed by atoms with E-state index in [9.17, 15) is 14.7 Å². The van der Waals surface area contributed by atoms with Crippen molar-refractivity contribution in [2.24, 2.45) is 0 Å². The molecule has 3 heterocycles. The Morgan fingerprint density at radius 2 is 1.88 bits per heavy atom. The van der Waals surface area contributed by atoms with Gasteiger partial charge in [-0.3, -0.25) is 14.5 Å². The van der Waals surface area contributed by atoms with Crippen LogP contribution in [0.4, 0.5) is 5.13 Å². The van der Waals surface area contributed by atoms with Gasteiger partial charge in [-0.25, -0.2) is 4.98 Å². The van der Waals surface area contributed by atoms with Gasteiger partial charge < -0.3 is 5.11 Å². The Balaban J connectivity index is 1.92. The molecule has 1 saturated heterocycles. The lowest BCUT2D eigenvalue weighted by atomic mass is 10.00. The topological polar surface area (TPSA) is 70.5 Å². The number of ketones is 1. The van der Waals surface area contributed by atoms with Crippen molar-refractivity contribution >= 4 is 56.9 Å².